The summed E-state index contributed by atoms with van der Waals surface area (Å²) in [6.07, 6.45) is 1.67. The number of ether oxygens (including phenoxy) is 1. The normalized spacial score (nSPS) is 17.3. The van der Waals surface area contributed by atoms with Crippen molar-refractivity contribution in [3.8, 4) is 0 Å². The highest BCUT2D eigenvalue weighted by atomic mass is 79.9. The highest BCUT2D eigenvalue weighted by Gasteiger charge is 2.39. The molecule has 4 nitrogen and oxygen atoms in total. The van der Waals surface area contributed by atoms with Gasteiger partial charge in [-0.15, -0.1) is 23.7 Å². The van der Waals surface area contributed by atoms with Gasteiger partial charge >= 0.3 is 0 Å². The Labute approximate surface area is 138 Å². The molecule has 1 aliphatic heterocycles. The van der Waals surface area contributed by atoms with Crippen LogP contribution in [0, 0.1) is 5.41 Å². The molecule has 20 heavy (non-hydrogen) atoms. The van der Waals surface area contributed by atoms with Crippen LogP contribution in [0.1, 0.15) is 17.7 Å². The van der Waals surface area contributed by atoms with E-state index >= 15 is 0 Å². The van der Waals surface area contributed by atoms with Gasteiger partial charge in [-0.3, -0.25) is 4.79 Å². The van der Waals surface area contributed by atoms with Crippen LogP contribution in [0.25, 0.3) is 0 Å². The Kier molecular flexibility index (Phi) is 7.47. The summed E-state index contributed by atoms with van der Waals surface area (Å²) in [4.78, 5) is 13.6. The predicted molar refractivity (Wildman–Crippen MR) is 87.5 cm³/mol. The van der Waals surface area contributed by atoms with Gasteiger partial charge in [0, 0.05) is 21.8 Å². The Bertz CT molecular complexity index is 430. The molecule has 7 heteroatoms. The fourth-order valence-corrected chi connectivity index (χ4v) is 3.81. The molecule has 2 N–H and O–H groups in total. The third kappa shape index (κ3) is 4.43. The van der Waals surface area contributed by atoms with Crippen molar-refractivity contribution in [2.45, 2.75) is 19.4 Å². The number of carbonyl (C=O) groups is 1. The third-order valence-electron chi connectivity index (χ3n) is 3.51. The number of hydrogen-bond donors (Lipinski definition) is 2. The number of piperidine rings is 1. The van der Waals surface area contributed by atoms with Gasteiger partial charge in [0.1, 0.15) is 0 Å². The second-order valence-electron chi connectivity index (χ2n) is 4.88. The Morgan fingerprint density at radius 1 is 1.55 bits per heavy atom. The highest BCUT2D eigenvalue weighted by molar-refractivity contribution is 9.10. The largest absolute Gasteiger partial charge is 0.384 e. The first-order chi connectivity index (χ1) is 9.16. The first kappa shape index (κ1) is 17.9. The molecule has 1 fully saturated rings. The first-order valence-corrected chi connectivity index (χ1v) is 8.04. The molecule has 2 heterocycles. The molecule has 0 saturated carbocycles. The van der Waals surface area contributed by atoms with Crippen LogP contribution < -0.4 is 10.6 Å². The second-order valence-corrected chi connectivity index (χ2v) is 6.79. The number of thiophene rings is 1. The van der Waals surface area contributed by atoms with Crippen molar-refractivity contribution >= 4 is 45.6 Å². The fourth-order valence-electron chi connectivity index (χ4n) is 2.42. The number of nitrogens with one attached hydrogen (secondary N) is 2. The minimum atomic E-state index is -0.367. The topological polar surface area (TPSA) is 50.4 Å². The summed E-state index contributed by atoms with van der Waals surface area (Å²) < 4.78 is 6.33. The average Bonchev–Trinajstić information content (AvgIpc) is 2.83. The molecule has 0 aliphatic carbocycles. The van der Waals surface area contributed by atoms with Gasteiger partial charge in [0.2, 0.25) is 5.91 Å². The van der Waals surface area contributed by atoms with Gasteiger partial charge < -0.3 is 15.4 Å². The molecule has 0 aromatic carbocycles. The molecule has 0 radical (unpaired) electrons. The van der Waals surface area contributed by atoms with Gasteiger partial charge in [-0.25, -0.2) is 0 Å². The van der Waals surface area contributed by atoms with Crippen molar-refractivity contribution in [2.24, 2.45) is 5.41 Å². The lowest BCUT2D eigenvalue weighted by atomic mass is 9.78. The van der Waals surface area contributed by atoms with Gasteiger partial charge in [0.15, 0.2) is 0 Å². The zero-order chi connectivity index (χ0) is 13.7. The maximum atomic E-state index is 12.5. The number of methoxy groups -OCH3 is 1. The van der Waals surface area contributed by atoms with Crippen LogP contribution in [0.2, 0.25) is 0 Å². The van der Waals surface area contributed by atoms with Gasteiger partial charge in [0.05, 0.1) is 18.6 Å². The summed E-state index contributed by atoms with van der Waals surface area (Å²) in [7, 11) is 1.66. The maximum Gasteiger partial charge on any atom is 0.228 e. The van der Waals surface area contributed by atoms with E-state index in [4.69, 9.17) is 4.74 Å². The zero-order valence-corrected chi connectivity index (χ0v) is 14.6. The molecule has 1 aromatic heterocycles. The molecule has 1 aliphatic rings. The molecule has 114 valence electrons. The molecule has 0 atom stereocenters. The van der Waals surface area contributed by atoms with Crippen LogP contribution in [0.4, 0.5) is 0 Å². The predicted octanol–water partition coefficient (Wildman–Crippen LogP) is 2.56. The highest BCUT2D eigenvalue weighted by Crippen LogP contribution is 2.29. The SMILES string of the molecule is COCC1(C(=O)NCc2cc(Br)cs2)CCNCC1.Cl. The van der Waals surface area contributed by atoms with Crippen LogP contribution in [-0.4, -0.2) is 32.7 Å². The van der Waals surface area contributed by atoms with Gasteiger partial charge in [-0.2, -0.15) is 0 Å². The second kappa shape index (κ2) is 8.34. The average molecular weight is 384 g/mol. The number of halogens is 2. The third-order valence-corrected chi connectivity index (χ3v) is 5.21. The van der Waals surface area contributed by atoms with E-state index < -0.39 is 0 Å². The number of rotatable bonds is 5. The standard InChI is InChI=1S/C13H19BrN2O2S.ClH/c1-18-9-13(2-4-15-5-3-13)12(17)16-7-11-6-10(14)8-19-11;/h6,8,15H,2-5,7,9H2,1H3,(H,16,17);1H. The summed E-state index contributed by atoms with van der Waals surface area (Å²) in [6.45, 7) is 2.84. The van der Waals surface area contributed by atoms with E-state index in [1.807, 2.05) is 11.4 Å². The van der Waals surface area contributed by atoms with Crippen molar-refractivity contribution in [3.63, 3.8) is 0 Å². The van der Waals surface area contributed by atoms with Crippen LogP contribution in [0.5, 0.6) is 0 Å². The lowest BCUT2D eigenvalue weighted by molar-refractivity contribution is -0.136. The molecule has 2 rings (SSSR count). The Balaban J connectivity index is 0.00000200. The zero-order valence-electron chi connectivity index (χ0n) is 11.4. The minimum Gasteiger partial charge on any atom is -0.384 e. The summed E-state index contributed by atoms with van der Waals surface area (Å²) in [5.41, 5.74) is -0.367. The Morgan fingerprint density at radius 2 is 2.25 bits per heavy atom. The molecular weight excluding hydrogens is 364 g/mol. The lowest BCUT2D eigenvalue weighted by Gasteiger charge is -2.35. The van der Waals surface area contributed by atoms with Crippen molar-refractivity contribution in [2.75, 3.05) is 26.8 Å². The van der Waals surface area contributed by atoms with Crippen LogP contribution >= 0.6 is 39.7 Å². The smallest absolute Gasteiger partial charge is 0.228 e. The maximum absolute atomic E-state index is 12.5. The minimum absolute atomic E-state index is 0. The van der Waals surface area contributed by atoms with E-state index in [-0.39, 0.29) is 23.7 Å². The molecule has 1 amide bonds. The monoisotopic (exact) mass is 382 g/mol. The van der Waals surface area contributed by atoms with Crippen LogP contribution in [0.15, 0.2) is 15.9 Å². The lowest BCUT2D eigenvalue weighted by Crippen LogP contribution is -2.49. The Morgan fingerprint density at radius 3 is 2.80 bits per heavy atom. The molecule has 1 aromatic rings. The van der Waals surface area contributed by atoms with Gasteiger partial charge in [-0.05, 0) is 47.9 Å². The summed E-state index contributed by atoms with van der Waals surface area (Å²) >= 11 is 5.07. The quantitative estimate of drug-likeness (QED) is 0.821. The first-order valence-electron chi connectivity index (χ1n) is 6.37. The van der Waals surface area contributed by atoms with E-state index in [1.165, 1.54) is 0 Å². The van der Waals surface area contributed by atoms with E-state index in [0.717, 1.165) is 35.3 Å². The molecular formula is C13H20BrClN2O2S. The van der Waals surface area contributed by atoms with E-state index in [2.05, 4.69) is 26.6 Å². The van der Waals surface area contributed by atoms with Crippen LogP contribution in [-0.2, 0) is 16.1 Å². The number of carbonyl (C=O) groups excluding carboxylic acids is 1. The number of amides is 1. The van der Waals surface area contributed by atoms with Gasteiger partial charge in [-0.1, -0.05) is 0 Å². The molecule has 1 saturated heterocycles. The molecule has 0 spiro atoms. The van der Waals surface area contributed by atoms with Crippen molar-refractivity contribution < 1.29 is 9.53 Å². The van der Waals surface area contributed by atoms with E-state index in [1.54, 1.807) is 18.4 Å². The summed E-state index contributed by atoms with van der Waals surface area (Å²) in [5, 5.41) is 8.37. The van der Waals surface area contributed by atoms with Crippen molar-refractivity contribution in [1.29, 1.82) is 0 Å². The Hall–Kier alpha value is -0.140. The summed E-state index contributed by atoms with van der Waals surface area (Å²) in [6, 6.07) is 2.04. The summed E-state index contributed by atoms with van der Waals surface area (Å²) in [5.74, 6) is 0.111. The van der Waals surface area contributed by atoms with Gasteiger partial charge in [0.25, 0.3) is 0 Å². The van der Waals surface area contributed by atoms with Crippen molar-refractivity contribution in [3.05, 3.63) is 20.8 Å². The van der Waals surface area contributed by atoms with Crippen molar-refractivity contribution in [1.82, 2.24) is 10.6 Å². The number of hydrogen-bond acceptors (Lipinski definition) is 4. The van der Waals surface area contributed by atoms with E-state index in [9.17, 15) is 4.79 Å². The van der Waals surface area contributed by atoms with Crippen LogP contribution in [0.3, 0.4) is 0 Å². The molecule has 0 bridgehead atoms. The fraction of sp³-hybridized carbons (Fsp3) is 0.615. The van der Waals surface area contributed by atoms with E-state index in [0.29, 0.717) is 13.2 Å². The molecule has 0 unspecified atom stereocenters.